The third kappa shape index (κ3) is 4.11. The van der Waals surface area contributed by atoms with E-state index in [1.54, 1.807) is 24.3 Å². The zero-order valence-electron chi connectivity index (χ0n) is 10.7. The number of rotatable bonds is 2. The summed E-state index contributed by atoms with van der Waals surface area (Å²) in [4.78, 5) is 23.5. The first kappa shape index (κ1) is 15.2. The Morgan fingerprint density at radius 2 is 1.52 bits per heavy atom. The molecule has 21 heavy (non-hydrogen) atoms. The van der Waals surface area contributed by atoms with E-state index in [4.69, 9.17) is 28.9 Å². The molecule has 0 saturated carbocycles. The average molecular weight is 324 g/mol. The van der Waals surface area contributed by atoms with Gasteiger partial charge in [0.15, 0.2) is 0 Å². The first-order valence-corrected chi connectivity index (χ1v) is 6.64. The Morgan fingerprint density at radius 1 is 0.905 bits per heavy atom. The van der Waals surface area contributed by atoms with Crippen LogP contribution in [0.25, 0.3) is 0 Å². The molecule has 0 unspecified atom stereocenters. The Labute approximate surface area is 131 Å². The van der Waals surface area contributed by atoms with Crippen LogP contribution < -0.4 is 16.4 Å². The second-order valence-electron chi connectivity index (χ2n) is 4.15. The lowest BCUT2D eigenvalue weighted by molar-refractivity contribution is -0.132. The third-order valence-electron chi connectivity index (χ3n) is 2.55. The van der Waals surface area contributed by atoms with E-state index in [0.717, 1.165) is 0 Å². The average Bonchev–Trinajstić information content (AvgIpc) is 2.43. The van der Waals surface area contributed by atoms with Gasteiger partial charge < -0.3 is 16.4 Å². The number of nitrogen functional groups attached to an aromatic ring is 1. The highest BCUT2D eigenvalue weighted by molar-refractivity contribution is 6.44. The summed E-state index contributed by atoms with van der Waals surface area (Å²) in [5.74, 6) is -1.64. The van der Waals surface area contributed by atoms with Gasteiger partial charge in [0.05, 0.1) is 10.7 Å². The molecule has 0 atom stereocenters. The van der Waals surface area contributed by atoms with E-state index in [-0.39, 0.29) is 0 Å². The maximum Gasteiger partial charge on any atom is 0.314 e. The smallest absolute Gasteiger partial charge is 0.314 e. The fourth-order valence-corrected chi connectivity index (χ4v) is 1.92. The molecule has 0 aliphatic carbocycles. The van der Waals surface area contributed by atoms with Crippen molar-refractivity contribution < 1.29 is 9.59 Å². The Bertz CT molecular complexity index is 704. The molecule has 4 N–H and O–H groups in total. The number of nitrogens with one attached hydrogen (secondary N) is 2. The van der Waals surface area contributed by atoms with Crippen LogP contribution in [-0.4, -0.2) is 11.8 Å². The monoisotopic (exact) mass is 323 g/mol. The Balaban J connectivity index is 2.02. The van der Waals surface area contributed by atoms with E-state index in [1.165, 1.54) is 18.2 Å². The van der Waals surface area contributed by atoms with E-state index in [9.17, 15) is 9.59 Å². The predicted octanol–water partition coefficient (Wildman–Crippen LogP) is 3.15. The van der Waals surface area contributed by atoms with Crippen molar-refractivity contribution in [1.29, 1.82) is 0 Å². The zero-order chi connectivity index (χ0) is 15.4. The van der Waals surface area contributed by atoms with Crippen molar-refractivity contribution in [3.63, 3.8) is 0 Å². The number of halogens is 2. The minimum Gasteiger partial charge on any atom is -0.398 e. The highest BCUT2D eigenvalue weighted by Gasteiger charge is 2.14. The molecule has 0 aliphatic rings. The number of nitrogens with two attached hydrogens (primary N) is 1. The quantitative estimate of drug-likeness (QED) is 0.586. The van der Waals surface area contributed by atoms with Crippen LogP contribution in [0.3, 0.4) is 0 Å². The van der Waals surface area contributed by atoms with Gasteiger partial charge in [-0.1, -0.05) is 29.3 Å². The molecule has 0 fully saturated rings. The molecule has 0 heterocycles. The van der Waals surface area contributed by atoms with E-state index in [2.05, 4.69) is 10.6 Å². The summed E-state index contributed by atoms with van der Waals surface area (Å²) in [6.07, 6.45) is 0. The van der Waals surface area contributed by atoms with E-state index < -0.39 is 11.8 Å². The second kappa shape index (κ2) is 6.47. The molecule has 5 nitrogen and oxygen atoms in total. The zero-order valence-corrected chi connectivity index (χ0v) is 12.2. The Kier molecular flexibility index (Phi) is 4.67. The van der Waals surface area contributed by atoms with E-state index >= 15 is 0 Å². The van der Waals surface area contributed by atoms with Gasteiger partial charge in [-0.2, -0.15) is 0 Å². The van der Waals surface area contributed by atoms with Gasteiger partial charge in [-0.15, -0.1) is 0 Å². The highest BCUT2D eigenvalue weighted by atomic mass is 35.5. The lowest BCUT2D eigenvalue weighted by Gasteiger charge is -2.07. The van der Waals surface area contributed by atoms with Crippen LogP contribution in [0, 0.1) is 0 Å². The fourth-order valence-electron chi connectivity index (χ4n) is 1.55. The van der Waals surface area contributed by atoms with Crippen LogP contribution in [0.15, 0.2) is 42.5 Å². The van der Waals surface area contributed by atoms with Crippen LogP contribution in [0.4, 0.5) is 17.1 Å². The molecular formula is C14H11Cl2N3O2. The van der Waals surface area contributed by atoms with Gasteiger partial charge in [0, 0.05) is 16.4 Å². The highest BCUT2D eigenvalue weighted by Crippen LogP contribution is 2.22. The summed E-state index contributed by atoms with van der Waals surface area (Å²) in [6, 6.07) is 11.0. The number of hydrogen-bond donors (Lipinski definition) is 3. The van der Waals surface area contributed by atoms with Gasteiger partial charge in [-0.3, -0.25) is 9.59 Å². The third-order valence-corrected chi connectivity index (χ3v) is 3.11. The van der Waals surface area contributed by atoms with E-state index in [0.29, 0.717) is 27.1 Å². The van der Waals surface area contributed by atoms with Crippen LogP contribution in [0.1, 0.15) is 0 Å². The summed E-state index contributed by atoms with van der Waals surface area (Å²) in [5.41, 5.74) is 6.75. The lowest BCUT2D eigenvalue weighted by Crippen LogP contribution is -2.29. The number of hydrogen-bond acceptors (Lipinski definition) is 3. The van der Waals surface area contributed by atoms with Crippen molar-refractivity contribution in [1.82, 2.24) is 0 Å². The molecule has 2 amide bonds. The number of amides is 2. The number of benzene rings is 2. The van der Waals surface area contributed by atoms with Crippen molar-refractivity contribution in [2.45, 2.75) is 0 Å². The molecule has 0 aromatic heterocycles. The van der Waals surface area contributed by atoms with Gasteiger partial charge in [0.2, 0.25) is 0 Å². The van der Waals surface area contributed by atoms with Crippen molar-refractivity contribution in [3.05, 3.63) is 52.5 Å². The SMILES string of the molecule is Nc1ccc(NC(=O)C(=O)Nc2cccc(Cl)c2)cc1Cl. The van der Waals surface area contributed by atoms with Crippen LogP contribution in [0.2, 0.25) is 10.0 Å². The van der Waals surface area contributed by atoms with E-state index in [1.807, 2.05) is 0 Å². The Hall–Kier alpha value is -2.24. The van der Waals surface area contributed by atoms with Gasteiger partial charge >= 0.3 is 11.8 Å². The van der Waals surface area contributed by atoms with Crippen molar-refractivity contribution in [2.24, 2.45) is 0 Å². The maximum atomic E-state index is 11.8. The summed E-state index contributed by atoms with van der Waals surface area (Å²) in [5, 5.41) is 5.61. The second-order valence-corrected chi connectivity index (χ2v) is 5.00. The summed E-state index contributed by atoms with van der Waals surface area (Å²) in [6.45, 7) is 0. The molecular weight excluding hydrogens is 313 g/mol. The predicted molar refractivity (Wildman–Crippen MR) is 84.6 cm³/mol. The minimum atomic E-state index is -0.823. The summed E-state index contributed by atoms with van der Waals surface area (Å²) < 4.78 is 0. The number of carbonyl (C=O) groups excluding carboxylic acids is 2. The van der Waals surface area contributed by atoms with Crippen LogP contribution >= 0.6 is 23.2 Å². The van der Waals surface area contributed by atoms with Crippen LogP contribution in [0.5, 0.6) is 0 Å². The number of carbonyl (C=O) groups is 2. The van der Waals surface area contributed by atoms with Crippen molar-refractivity contribution in [3.8, 4) is 0 Å². The first-order valence-electron chi connectivity index (χ1n) is 5.88. The van der Waals surface area contributed by atoms with Crippen molar-refractivity contribution >= 4 is 52.1 Å². The molecule has 2 rings (SSSR count). The fraction of sp³-hybridized carbons (Fsp3) is 0. The summed E-state index contributed by atoms with van der Waals surface area (Å²) in [7, 11) is 0. The molecule has 0 radical (unpaired) electrons. The van der Waals surface area contributed by atoms with Gasteiger partial charge in [0.25, 0.3) is 0 Å². The van der Waals surface area contributed by atoms with Gasteiger partial charge in [-0.25, -0.2) is 0 Å². The molecule has 0 saturated heterocycles. The van der Waals surface area contributed by atoms with Gasteiger partial charge in [-0.05, 0) is 36.4 Å². The Morgan fingerprint density at radius 3 is 2.10 bits per heavy atom. The molecule has 108 valence electrons. The lowest BCUT2D eigenvalue weighted by atomic mass is 10.3. The maximum absolute atomic E-state index is 11.8. The number of anilines is 3. The van der Waals surface area contributed by atoms with Crippen LogP contribution in [-0.2, 0) is 9.59 Å². The topological polar surface area (TPSA) is 84.2 Å². The first-order chi connectivity index (χ1) is 9.95. The molecule has 2 aromatic rings. The standard InChI is InChI=1S/C14H11Cl2N3O2/c15-8-2-1-3-9(6-8)18-13(20)14(21)19-10-4-5-12(17)11(16)7-10/h1-7H,17H2,(H,18,20)(H,19,21). The summed E-state index contributed by atoms with van der Waals surface area (Å²) >= 11 is 11.6. The van der Waals surface area contributed by atoms with Crippen molar-refractivity contribution in [2.75, 3.05) is 16.4 Å². The molecule has 0 spiro atoms. The molecule has 0 aliphatic heterocycles. The molecule has 0 bridgehead atoms. The normalized spacial score (nSPS) is 10.0. The minimum absolute atomic E-state index is 0.294. The largest absolute Gasteiger partial charge is 0.398 e. The van der Waals surface area contributed by atoms with Gasteiger partial charge in [0.1, 0.15) is 0 Å². The molecule has 7 heteroatoms. The molecule has 2 aromatic carbocycles.